The van der Waals surface area contributed by atoms with Crippen molar-refractivity contribution in [2.75, 3.05) is 5.73 Å². The Bertz CT molecular complexity index is 287. The second kappa shape index (κ2) is 4.44. The Morgan fingerprint density at radius 3 is 2.15 bits per heavy atom. The van der Waals surface area contributed by atoms with Crippen LogP contribution in [0, 0.1) is 0 Å². The van der Waals surface area contributed by atoms with Gasteiger partial charge in [-0.25, -0.2) is 0 Å². The molecule has 72 valence electrons. The van der Waals surface area contributed by atoms with Crippen LogP contribution in [-0.4, -0.2) is 6.04 Å². The van der Waals surface area contributed by atoms with Crippen molar-refractivity contribution in [1.82, 2.24) is 0 Å². The van der Waals surface area contributed by atoms with Crippen molar-refractivity contribution in [3.05, 3.63) is 26.6 Å². The average Bonchev–Trinajstić information content (AvgIpc) is 1.98. The highest BCUT2D eigenvalue weighted by Crippen LogP contribution is 2.29. The molecule has 0 aliphatic rings. The first-order valence-corrected chi connectivity index (χ1v) is 5.58. The molecular formula is C9H12Br2N2. The third-order valence-corrected chi connectivity index (χ3v) is 3.01. The van der Waals surface area contributed by atoms with Crippen molar-refractivity contribution in [3.63, 3.8) is 0 Å². The molecule has 0 aromatic heterocycles. The molecule has 0 radical (unpaired) electrons. The average molecular weight is 308 g/mol. The van der Waals surface area contributed by atoms with E-state index >= 15 is 0 Å². The Balaban J connectivity index is 2.99. The predicted molar refractivity (Wildman–Crippen MR) is 63.6 cm³/mol. The number of rotatable bonds is 2. The summed E-state index contributed by atoms with van der Waals surface area (Å²) in [6.45, 7) is 1.98. The molecule has 1 aromatic rings. The zero-order chi connectivity index (χ0) is 10.0. The summed E-state index contributed by atoms with van der Waals surface area (Å²) >= 11 is 6.78. The maximum absolute atomic E-state index is 5.76. The van der Waals surface area contributed by atoms with Gasteiger partial charge in [0, 0.05) is 15.0 Å². The van der Waals surface area contributed by atoms with Crippen molar-refractivity contribution in [2.24, 2.45) is 5.73 Å². The van der Waals surface area contributed by atoms with Crippen LogP contribution < -0.4 is 11.5 Å². The molecule has 0 amide bonds. The summed E-state index contributed by atoms with van der Waals surface area (Å²) in [5.74, 6) is 0. The molecule has 1 rings (SSSR count). The Morgan fingerprint density at radius 1 is 1.31 bits per heavy atom. The van der Waals surface area contributed by atoms with Crippen molar-refractivity contribution in [3.8, 4) is 0 Å². The standard InChI is InChI=1S/C9H12Br2N2/c1-5(12)2-6-3-7(10)9(13)8(11)4-6/h3-5H,2,12-13H2,1H3/t5-/m0/s1. The largest absolute Gasteiger partial charge is 0.397 e. The summed E-state index contributed by atoms with van der Waals surface area (Å²) in [5, 5.41) is 0. The van der Waals surface area contributed by atoms with Crippen molar-refractivity contribution < 1.29 is 0 Å². The molecule has 0 heterocycles. The van der Waals surface area contributed by atoms with E-state index in [1.165, 1.54) is 5.56 Å². The minimum Gasteiger partial charge on any atom is -0.397 e. The second-order valence-electron chi connectivity index (χ2n) is 3.15. The highest BCUT2D eigenvalue weighted by molar-refractivity contribution is 9.11. The number of nitrogen functional groups attached to an aromatic ring is 1. The molecular weight excluding hydrogens is 296 g/mol. The summed E-state index contributed by atoms with van der Waals surface area (Å²) in [6, 6.07) is 4.18. The van der Waals surface area contributed by atoms with E-state index in [1.807, 2.05) is 19.1 Å². The van der Waals surface area contributed by atoms with Gasteiger partial charge >= 0.3 is 0 Å². The van der Waals surface area contributed by atoms with Gasteiger partial charge in [-0.05, 0) is 62.9 Å². The van der Waals surface area contributed by atoms with Crippen LogP contribution in [0.2, 0.25) is 0 Å². The SMILES string of the molecule is C[C@H](N)Cc1cc(Br)c(N)c(Br)c1. The molecule has 0 aliphatic carbocycles. The third-order valence-electron chi connectivity index (χ3n) is 1.70. The molecule has 0 aliphatic heterocycles. The minimum absolute atomic E-state index is 0.169. The molecule has 1 atom stereocenters. The fourth-order valence-electron chi connectivity index (χ4n) is 1.13. The van der Waals surface area contributed by atoms with Gasteiger partial charge in [-0.2, -0.15) is 0 Å². The van der Waals surface area contributed by atoms with Crippen LogP contribution in [0.5, 0.6) is 0 Å². The zero-order valence-electron chi connectivity index (χ0n) is 7.35. The van der Waals surface area contributed by atoms with E-state index < -0.39 is 0 Å². The molecule has 1 aromatic carbocycles. The highest BCUT2D eigenvalue weighted by Gasteiger charge is 2.05. The van der Waals surface area contributed by atoms with Gasteiger partial charge in [0.15, 0.2) is 0 Å². The first-order valence-electron chi connectivity index (χ1n) is 3.99. The van der Waals surface area contributed by atoms with Gasteiger partial charge in [-0.15, -0.1) is 0 Å². The summed E-state index contributed by atoms with van der Waals surface area (Å²) in [5.41, 5.74) is 13.4. The molecule has 0 fully saturated rings. The second-order valence-corrected chi connectivity index (χ2v) is 4.86. The van der Waals surface area contributed by atoms with E-state index in [0.29, 0.717) is 0 Å². The number of hydrogen-bond acceptors (Lipinski definition) is 2. The van der Waals surface area contributed by atoms with E-state index in [4.69, 9.17) is 11.5 Å². The van der Waals surface area contributed by atoms with Gasteiger partial charge in [0.25, 0.3) is 0 Å². The van der Waals surface area contributed by atoms with Crippen LogP contribution in [0.25, 0.3) is 0 Å². The van der Waals surface area contributed by atoms with Crippen LogP contribution in [-0.2, 0) is 6.42 Å². The fraction of sp³-hybridized carbons (Fsp3) is 0.333. The van der Waals surface area contributed by atoms with Crippen molar-refractivity contribution in [2.45, 2.75) is 19.4 Å². The van der Waals surface area contributed by atoms with Crippen LogP contribution >= 0.6 is 31.9 Å². The van der Waals surface area contributed by atoms with Gasteiger partial charge in [0.05, 0.1) is 5.69 Å². The van der Waals surface area contributed by atoms with Crippen molar-refractivity contribution >= 4 is 37.5 Å². The van der Waals surface area contributed by atoms with E-state index in [1.54, 1.807) is 0 Å². The minimum atomic E-state index is 0.169. The lowest BCUT2D eigenvalue weighted by atomic mass is 10.1. The summed E-state index contributed by atoms with van der Waals surface area (Å²) < 4.78 is 1.83. The Kier molecular flexibility index (Phi) is 3.76. The molecule has 13 heavy (non-hydrogen) atoms. The monoisotopic (exact) mass is 306 g/mol. The lowest BCUT2D eigenvalue weighted by Gasteiger charge is -2.08. The number of benzene rings is 1. The van der Waals surface area contributed by atoms with Gasteiger partial charge < -0.3 is 11.5 Å². The first kappa shape index (κ1) is 11.0. The fourth-order valence-corrected chi connectivity index (χ4v) is 2.41. The molecule has 0 saturated carbocycles. The summed E-state index contributed by atoms with van der Waals surface area (Å²) in [7, 11) is 0. The molecule has 0 bridgehead atoms. The molecule has 0 spiro atoms. The quantitative estimate of drug-likeness (QED) is 0.825. The van der Waals surface area contributed by atoms with Gasteiger partial charge in [0.1, 0.15) is 0 Å². The highest BCUT2D eigenvalue weighted by atomic mass is 79.9. The normalized spacial score (nSPS) is 12.9. The van der Waals surface area contributed by atoms with E-state index in [2.05, 4.69) is 31.9 Å². The maximum atomic E-state index is 5.76. The van der Waals surface area contributed by atoms with Gasteiger partial charge in [-0.1, -0.05) is 0 Å². The smallest absolute Gasteiger partial charge is 0.0603 e. The zero-order valence-corrected chi connectivity index (χ0v) is 10.5. The number of anilines is 1. The van der Waals surface area contributed by atoms with Crippen molar-refractivity contribution in [1.29, 1.82) is 0 Å². The summed E-state index contributed by atoms with van der Waals surface area (Å²) in [6.07, 6.45) is 0.859. The van der Waals surface area contributed by atoms with Crippen LogP contribution in [0.1, 0.15) is 12.5 Å². The lowest BCUT2D eigenvalue weighted by molar-refractivity contribution is 0.737. The Labute approximate surface area is 94.9 Å². The summed E-state index contributed by atoms with van der Waals surface area (Å²) in [4.78, 5) is 0. The molecule has 4 N–H and O–H groups in total. The van der Waals surface area contributed by atoms with E-state index in [0.717, 1.165) is 21.1 Å². The van der Waals surface area contributed by atoms with E-state index in [-0.39, 0.29) is 6.04 Å². The van der Waals surface area contributed by atoms with Gasteiger partial charge in [0.2, 0.25) is 0 Å². The molecule has 0 saturated heterocycles. The molecule has 4 heteroatoms. The number of hydrogen-bond donors (Lipinski definition) is 2. The number of nitrogens with two attached hydrogens (primary N) is 2. The number of halogens is 2. The predicted octanol–water partition coefficient (Wildman–Crippen LogP) is 2.68. The van der Waals surface area contributed by atoms with Crippen LogP contribution in [0.4, 0.5) is 5.69 Å². The van der Waals surface area contributed by atoms with E-state index in [9.17, 15) is 0 Å². The van der Waals surface area contributed by atoms with Crippen LogP contribution in [0.3, 0.4) is 0 Å². The first-order chi connectivity index (χ1) is 6.00. The van der Waals surface area contributed by atoms with Gasteiger partial charge in [-0.3, -0.25) is 0 Å². The maximum Gasteiger partial charge on any atom is 0.0603 e. The third kappa shape index (κ3) is 2.97. The van der Waals surface area contributed by atoms with Crippen LogP contribution in [0.15, 0.2) is 21.1 Å². The Hall–Kier alpha value is -0.0600. The topological polar surface area (TPSA) is 52.0 Å². The molecule has 2 nitrogen and oxygen atoms in total. The lowest BCUT2D eigenvalue weighted by Crippen LogP contribution is -2.17. The molecule has 0 unspecified atom stereocenters. The Morgan fingerprint density at radius 2 is 1.77 bits per heavy atom.